The van der Waals surface area contributed by atoms with E-state index in [0.717, 1.165) is 0 Å². The summed E-state index contributed by atoms with van der Waals surface area (Å²) in [5.74, 6) is 0. The molecule has 0 amide bonds. The van der Waals surface area contributed by atoms with E-state index in [1.165, 1.54) is 0 Å². The van der Waals surface area contributed by atoms with Crippen LogP contribution in [-0.4, -0.2) is 13.0 Å². The standard InChI is InChI=1S/C8H4F6O3S/c9-7(10,11)4-2-1-3-5(18(15,16)17)6(4)8(12,13)14/h1-3H,(H,15,16,17). The molecule has 0 heterocycles. The Balaban J connectivity index is 3.79. The molecule has 10 heteroatoms. The maximum absolute atomic E-state index is 12.5. The fraction of sp³-hybridized carbons (Fsp3) is 0.250. The van der Waals surface area contributed by atoms with Crippen molar-refractivity contribution in [3.8, 4) is 0 Å². The summed E-state index contributed by atoms with van der Waals surface area (Å²) >= 11 is 0. The van der Waals surface area contributed by atoms with Crippen molar-refractivity contribution in [1.29, 1.82) is 0 Å². The van der Waals surface area contributed by atoms with E-state index < -0.39 is 38.5 Å². The van der Waals surface area contributed by atoms with Gasteiger partial charge in [0.15, 0.2) is 0 Å². The van der Waals surface area contributed by atoms with Crippen LogP contribution >= 0.6 is 0 Å². The summed E-state index contributed by atoms with van der Waals surface area (Å²) in [6.07, 6.45) is -11.0. The predicted octanol–water partition coefficient (Wildman–Crippen LogP) is 2.97. The Hall–Kier alpha value is -1.29. The maximum atomic E-state index is 12.5. The van der Waals surface area contributed by atoms with Gasteiger partial charge in [0, 0.05) is 0 Å². The fourth-order valence-corrected chi connectivity index (χ4v) is 2.01. The molecule has 1 rings (SSSR count). The molecule has 18 heavy (non-hydrogen) atoms. The minimum absolute atomic E-state index is 0.0809. The number of alkyl halides is 6. The molecular weight excluding hydrogens is 290 g/mol. The molecule has 102 valence electrons. The van der Waals surface area contributed by atoms with Gasteiger partial charge in [-0.3, -0.25) is 4.55 Å². The van der Waals surface area contributed by atoms with Crippen LogP contribution in [0.15, 0.2) is 23.1 Å². The van der Waals surface area contributed by atoms with E-state index in [-0.39, 0.29) is 12.1 Å². The van der Waals surface area contributed by atoms with E-state index in [9.17, 15) is 34.8 Å². The molecule has 0 aliphatic heterocycles. The molecule has 0 radical (unpaired) electrons. The highest BCUT2D eigenvalue weighted by molar-refractivity contribution is 7.85. The molecule has 1 aromatic carbocycles. The van der Waals surface area contributed by atoms with E-state index in [1.807, 2.05) is 0 Å². The zero-order valence-corrected chi connectivity index (χ0v) is 8.99. The lowest BCUT2D eigenvalue weighted by Crippen LogP contribution is -2.20. The van der Waals surface area contributed by atoms with Crippen LogP contribution in [0, 0.1) is 0 Å². The van der Waals surface area contributed by atoms with Crippen molar-refractivity contribution in [3.63, 3.8) is 0 Å². The Morgan fingerprint density at radius 1 is 0.944 bits per heavy atom. The Labute approximate surface area is 96.8 Å². The average Bonchev–Trinajstić information content (AvgIpc) is 2.12. The second kappa shape index (κ2) is 4.12. The molecule has 1 N–H and O–H groups in total. The highest BCUT2D eigenvalue weighted by atomic mass is 32.2. The quantitative estimate of drug-likeness (QED) is 0.640. The van der Waals surface area contributed by atoms with Gasteiger partial charge in [0.2, 0.25) is 0 Å². The second-order valence-corrected chi connectivity index (χ2v) is 4.54. The van der Waals surface area contributed by atoms with Gasteiger partial charge in [0.05, 0.1) is 11.1 Å². The van der Waals surface area contributed by atoms with Crippen LogP contribution in [0.5, 0.6) is 0 Å². The molecule has 0 unspecified atom stereocenters. The lowest BCUT2D eigenvalue weighted by atomic mass is 10.1. The SMILES string of the molecule is O=S(=O)(O)c1cccc(C(F)(F)F)c1C(F)(F)F. The zero-order chi connectivity index (χ0) is 14.4. The van der Waals surface area contributed by atoms with E-state index in [1.54, 1.807) is 0 Å². The highest BCUT2D eigenvalue weighted by Crippen LogP contribution is 2.43. The van der Waals surface area contributed by atoms with Crippen molar-refractivity contribution >= 4 is 10.1 Å². The molecule has 0 saturated carbocycles. The number of benzene rings is 1. The summed E-state index contributed by atoms with van der Waals surface area (Å²) in [7, 11) is -5.42. The van der Waals surface area contributed by atoms with Crippen LogP contribution < -0.4 is 0 Å². The number of rotatable bonds is 1. The lowest BCUT2D eigenvalue weighted by Gasteiger charge is -2.17. The van der Waals surface area contributed by atoms with Crippen molar-refractivity contribution < 1.29 is 39.3 Å². The van der Waals surface area contributed by atoms with Crippen molar-refractivity contribution in [2.45, 2.75) is 17.2 Å². The van der Waals surface area contributed by atoms with Gasteiger partial charge < -0.3 is 0 Å². The summed E-state index contributed by atoms with van der Waals surface area (Å²) in [5, 5.41) is 0. The molecule has 3 nitrogen and oxygen atoms in total. The van der Waals surface area contributed by atoms with Gasteiger partial charge in [0.1, 0.15) is 4.90 Å². The molecule has 0 aromatic heterocycles. The van der Waals surface area contributed by atoms with Crippen LogP contribution in [0.3, 0.4) is 0 Å². The summed E-state index contributed by atoms with van der Waals surface area (Å²) in [6.45, 7) is 0. The van der Waals surface area contributed by atoms with Crippen LogP contribution in [0.25, 0.3) is 0 Å². The van der Waals surface area contributed by atoms with Crippen LogP contribution in [0.1, 0.15) is 11.1 Å². The number of hydrogen-bond acceptors (Lipinski definition) is 2. The van der Waals surface area contributed by atoms with Crippen LogP contribution in [-0.2, 0) is 22.5 Å². The first-order chi connectivity index (χ1) is 7.85. The number of halogens is 6. The highest BCUT2D eigenvalue weighted by Gasteiger charge is 2.46. The molecule has 0 fully saturated rings. The summed E-state index contributed by atoms with van der Waals surface area (Å²) < 4.78 is 104. The van der Waals surface area contributed by atoms with Gasteiger partial charge in [-0.15, -0.1) is 0 Å². The third-order valence-corrected chi connectivity index (χ3v) is 2.79. The Kier molecular flexibility index (Phi) is 3.38. The second-order valence-electron chi connectivity index (χ2n) is 3.15. The van der Waals surface area contributed by atoms with Crippen molar-refractivity contribution in [1.82, 2.24) is 0 Å². The fourth-order valence-electron chi connectivity index (χ4n) is 1.27. The van der Waals surface area contributed by atoms with Crippen molar-refractivity contribution in [2.24, 2.45) is 0 Å². The summed E-state index contributed by atoms with van der Waals surface area (Å²) in [6, 6.07) is 0.784. The topological polar surface area (TPSA) is 54.4 Å². The largest absolute Gasteiger partial charge is 0.418 e. The number of hydrogen-bond donors (Lipinski definition) is 1. The van der Waals surface area contributed by atoms with E-state index in [0.29, 0.717) is 6.07 Å². The molecule has 0 atom stereocenters. The van der Waals surface area contributed by atoms with Gasteiger partial charge >= 0.3 is 12.4 Å². The van der Waals surface area contributed by atoms with Crippen LogP contribution in [0.4, 0.5) is 26.3 Å². The third-order valence-electron chi connectivity index (χ3n) is 1.89. The Bertz CT molecular complexity index is 557. The Morgan fingerprint density at radius 3 is 1.78 bits per heavy atom. The smallest absolute Gasteiger partial charge is 0.282 e. The maximum Gasteiger partial charge on any atom is 0.418 e. The first-order valence-electron chi connectivity index (χ1n) is 4.10. The predicted molar refractivity (Wildman–Crippen MR) is 46.3 cm³/mol. The molecule has 0 aliphatic rings. The van der Waals surface area contributed by atoms with E-state index in [4.69, 9.17) is 4.55 Å². The Morgan fingerprint density at radius 2 is 1.44 bits per heavy atom. The average molecular weight is 294 g/mol. The van der Waals surface area contributed by atoms with Gasteiger partial charge in [-0.25, -0.2) is 0 Å². The van der Waals surface area contributed by atoms with Crippen molar-refractivity contribution in [2.75, 3.05) is 0 Å². The van der Waals surface area contributed by atoms with E-state index >= 15 is 0 Å². The van der Waals surface area contributed by atoms with Gasteiger partial charge in [-0.1, -0.05) is 6.07 Å². The third kappa shape index (κ3) is 2.93. The lowest BCUT2D eigenvalue weighted by molar-refractivity contribution is -0.163. The minimum atomic E-state index is -5.57. The monoisotopic (exact) mass is 294 g/mol. The first kappa shape index (κ1) is 14.8. The van der Waals surface area contributed by atoms with Gasteiger partial charge in [0.25, 0.3) is 10.1 Å². The molecule has 0 bridgehead atoms. The van der Waals surface area contributed by atoms with E-state index in [2.05, 4.69) is 0 Å². The molecule has 1 aromatic rings. The van der Waals surface area contributed by atoms with Gasteiger partial charge in [-0.05, 0) is 12.1 Å². The van der Waals surface area contributed by atoms with Crippen LogP contribution in [0.2, 0.25) is 0 Å². The normalized spacial score (nSPS) is 13.7. The van der Waals surface area contributed by atoms with Gasteiger partial charge in [-0.2, -0.15) is 34.8 Å². The summed E-state index contributed by atoms with van der Waals surface area (Å²) in [5.41, 5.74) is -4.61. The minimum Gasteiger partial charge on any atom is -0.282 e. The first-order valence-corrected chi connectivity index (χ1v) is 5.54. The molecule has 0 spiro atoms. The summed E-state index contributed by atoms with van der Waals surface area (Å²) in [4.78, 5) is -1.83. The molecule has 0 saturated heterocycles. The zero-order valence-electron chi connectivity index (χ0n) is 8.17. The molecule has 0 aliphatic carbocycles. The molecular formula is C8H4F6O3S. The van der Waals surface area contributed by atoms with Crippen molar-refractivity contribution in [3.05, 3.63) is 29.3 Å².